The van der Waals surface area contributed by atoms with E-state index in [0.717, 1.165) is 11.4 Å². The van der Waals surface area contributed by atoms with Crippen LogP contribution in [0.1, 0.15) is 17.5 Å². The van der Waals surface area contributed by atoms with Crippen LogP contribution in [0, 0.1) is 33.8 Å². The number of halogens is 1. The molecule has 0 unspecified atom stereocenters. The van der Waals surface area contributed by atoms with Crippen molar-refractivity contribution < 1.29 is 19.2 Å². The fraction of sp³-hybridized carbons (Fsp3) is 0.261. The Morgan fingerprint density at radius 1 is 1.12 bits per heavy atom. The number of nitrogens with zero attached hydrogens (tertiary/aromatic N) is 3. The van der Waals surface area contributed by atoms with Crippen molar-refractivity contribution in [2.24, 2.45) is 28.8 Å². The third kappa shape index (κ3) is 3.46. The van der Waals surface area contributed by atoms with Crippen LogP contribution in [0.3, 0.4) is 0 Å². The predicted molar refractivity (Wildman–Crippen MR) is 116 cm³/mol. The summed E-state index contributed by atoms with van der Waals surface area (Å²) >= 11 is 6.12. The van der Waals surface area contributed by atoms with Gasteiger partial charge in [-0.2, -0.15) is 10.1 Å². The Hall–Kier alpha value is -3.52. The second-order valence-corrected chi connectivity index (χ2v) is 8.57. The van der Waals surface area contributed by atoms with E-state index >= 15 is 0 Å². The first-order valence-electron chi connectivity index (χ1n) is 10.2. The molecule has 3 aliphatic rings. The van der Waals surface area contributed by atoms with Crippen LogP contribution in [0.15, 0.2) is 59.7 Å². The zero-order valence-corrected chi connectivity index (χ0v) is 17.5. The van der Waals surface area contributed by atoms with Gasteiger partial charge in [0.15, 0.2) is 0 Å². The number of carbonyl (C=O) groups excluding carboxylic acids is 2. The Morgan fingerprint density at radius 3 is 2.53 bits per heavy atom. The Balaban J connectivity index is 1.34. The van der Waals surface area contributed by atoms with E-state index in [4.69, 9.17) is 16.3 Å². The average molecular weight is 452 g/mol. The van der Waals surface area contributed by atoms with E-state index in [1.54, 1.807) is 30.3 Å². The summed E-state index contributed by atoms with van der Waals surface area (Å²) in [6, 6.07) is 11.1. The predicted octanol–water partition coefficient (Wildman–Crippen LogP) is 3.97. The van der Waals surface area contributed by atoms with E-state index < -0.39 is 4.92 Å². The Labute approximate surface area is 188 Å². The number of ether oxygens (including phenoxy) is 1. The van der Waals surface area contributed by atoms with Crippen LogP contribution in [0.5, 0.6) is 5.75 Å². The smallest absolute Gasteiger partial charge is 0.269 e. The van der Waals surface area contributed by atoms with Crippen LogP contribution in [0.25, 0.3) is 0 Å². The molecular formula is C23H18ClN3O5. The van der Waals surface area contributed by atoms with E-state index in [1.165, 1.54) is 18.3 Å². The van der Waals surface area contributed by atoms with Gasteiger partial charge in [-0.25, -0.2) is 0 Å². The molecule has 1 saturated carbocycles. The van der Waals surface area contributed by atoms with Crippen LogP contribution in [-0.4, -0.2) is 28.0 Å². The number of hydrogen-bond acceptors (Lipinski definition) is 6. The Kier molecular flexibility index (Phi) is 5.01. The van der Waals surface area contributed by atoms with Crippen LogP contribution in [0.2, 0.25) is 5.02 Å². The van der Waals surface area contributed by atoms with Crippen molar-refractivity contribution in [1.29, 1.82) is 0 Å². The van der Waals surface area contributed by atoms with Crippen LogP contribution < -0.4 is 4.74 Å². The summed E-state index contributed by atoms with van der Waals surface area (Å²) < 4.78 is 5.83. The lowest BCUT2D eigenvalue weighted by atomic mass is 9.85. The van der Waals surface area contributed by atoms with E-state index in [0.29, 0.717) is 21.9 Å². The maximum Gasteiger partial charge on any atom is 0.269 e. The zero-order chi connectivity index (χ0) is 22.4. The molecule has 2 bridgehead atoms. The molecule has 32 heavy (non-hydrogen) atoms. The van der Waals surface area contributed by atoms with E-state index in [1.807, 2.05) is 12.2 Å². The highest BCUT2D eigenvalue weighted by atomic mass is 35.5. The van der Waals surface area contributed by atoms with Crippen molar-refractivity contribution in [2.75, 3.05) is 0 Å². The molecule has 2 amide bonds. The number of fused-ring (bicyclic) bond motifs is 5. The van der Waals surface area contributed by atoms with Crippen molar-refractivity contribution >= 4 is 35.3 Å². The first-order valence-corrected chi connectivity index (χ1v) is 10.6. The third-order valence-electron chi connectivity index (χ3n) is 6.25. The number of hydrogen-bond donors (Lipinski definition) is 0. The van der Waals surface area contributed by atoms with Crippen molar-refractivity contribution in [3.63, 3.8) is 0 Å². The molecule has 0 N–H and O–H groups in total. The second kappa shape index (κ2) is 7.87. The Morgan fingerprint density at radius 2 is 1.84 bits per heavy atom. The number of non-ortho nitro benzene ring substituents is 1. The molecule has 0 radical (unpaired) electrons. The highest BCUT2D eigenvalue weighted by Gasteiger charge is 2.59. The van der Waals surface area contributed by atoms with Crippen LogP contribution in [0.4, 0.5) is 5.69 Å². The van der Waals surface area contributed by atoms with Gasteiger partial charge >= 0.3 is 0 Å². The minimum Gasteiger partial charge on any atom is -0.488 e. The number of nitro benzene ring substituents is 1. The standard InChI is InChI=1S/C23H18ClN3O5/c24-17-6-7-19(32-12-13-2-1-3-18(8-13)27(30)31)16(10-17)11-25-26-22(28)20-14-4-5-15(9-14)21(20)23(26)29/h1-8,10-11,14-15,20-21H,9,12H2/t14-,15-,20-,21+/m0/s1. The maximum absolute atomic E-state index is 12.8. The van der Waals surface area contributed by atoms with Gasteiger partial charge in [0, 0.05) is 22.7 Å². The monoisotopic (exact) mass is 451 g/mol. The summed E-state index contributed by atoms with van der Waals surface area (Å²) in [6.45, 7) is 0.0882. The fourth-order valence-electron chi connectivity index (χ4n) is 4.79. The molecule has 162 valence electrons. The molecule has 2 aliphatic carbocycles. The Bertz CT molecular complexity index is 1160. The first kappa shape index (κ1) is 20.4. The molecule has 0 aromatic heterocycles. The SMILES string of the molecule is O=C1[C@@H]2[C@H](C(=O)N1N=Cc1cc(Cl)ccc1OCc1cccc([N+](=O)[O-])c1)[C@H]1C=C[C@H]2C1. The molecule has 1 heterocycles. The molecule has 1 aliphatic heterocycles. The van der Waals surface area contributed by atoms with Crippen molar-refractivity contribution in [3.05, 3.63) is 80.9 Å². The molecule has 2 aromatic carbocycles. The van der Waals surface area contributed by atoms with Gasteiger partial charge in [0.05, 0.1) is 23.0 Å². The highest BCUT2D eigenvalue weighted by Crippen LogP contribution is 2.52. The number of allylic oxidation sites excluding steroid dienone is 2. The quantitative estimate of drug-likeness (QED) is 0.217. The molecule has 2 aromatic rings. The summed E-state index contributed by atoms with van der Waals surface area (Å²) in [6.07, 6.45) is 6.30. The fourth-order valence-corrected chi connectivity index (χ4v) is 4.97. The van der Waals surface area contributed by atoms with Crippen LogP contribution >= 0.6 is 11.6 Å². The normalized spacial score (nSPS) is 25.7. The lowest BCUT2D eigenvalue weighted by molar-refractivity contribution is -0.384. The molecule has 5 rings (SSSR count). The number of benzene rings is 2. The number of amides is 2. The summed E-state index contributed by atoms with van der Waals surface area (Å²) in [5.41, 5.74) is 1.09. The first-order chi connectivity index (χ1) is 15.4. The summed E-state index contributed by atoms with van der Waals surface area (Å²) in [4.78, 5) is 36.1. The topological polar surface area (TPSA) is 102 Å². The van der Waals surface area contributed by atoms with Gasteiger partial charge in [-0.1, -0.05) is 35.9 Å². The molecule has 1 saturated heterocycles. The summed E-state index contributed by atoms with van der Waals surface area (Å²) in [5.74, 6) is -0.533. The van der Waals surface area contributed by atoms with E-state index in [2.05, 4.69) is 5.10 Å². The van der Waals surface area contributed by atoms with Crippen molar-refractivity contribution in [1.82, 2.24) is 5.01 Å². The van der Waals surface area contributed by atoms with Gasteiger partial charge in [-0.05, 0) is 42.0 Å². The number of hydrazone groups is 1. The lowest BCUT2D eigenvalue weighted by Gasteiger charge is -2.13. The molecule has 4 atom stereocenters. The molecule has 9 heteroatoms. The number of carbonyl (C=O) groups is 2. The van der Waals surface area contributed by atoms with Gasteiger partial charge in [0.1, 0.15) is 12.4 Å². The van der Waals surface area contributed by atoms with Gasteiger partial charge in [0.2, 0.25) is 0 Å². The summed E-state index contributed by atoms with van der Waals surface area (Å²) in [7, 11) is 0. The number of imide groups is 1. The largest absolute Gasteiger partial charge is 0.488 e. The summed E-state index contributed by atoms with van der Waals surface area (Å²) in [5, 5.41) is 16.6. The maximum atomic E-state index is 12.8. The van der Waals surface area contributed by atoms with Gasteiger partial charge in [-0.15, -0.1) is 0 Å². The van der Waals surface area contributed by atoms with E-state index in [-0.39, 0.29) is 47.8 Å². The third-order valence-corrected chi connectivity index (χ3v) is 6.48. The number of rotatable bonds is 6. The minimum absolute atomic E-state index is 0.0240. The van der Waals surface area contributed by atoms with Crippen molar-refractivity contribution in [3.8, 4) is 5.75 Å². The molecular weight excluding hydrogens is 434 g/mol. The second-order valence-electron chi connectivity index (χ2n) is 8.13. The van der Waals surface area contributed by atoms with E-state index in [9.17, 15) is 19.7 Å². The lowest BCUT2D eigenvalue weighted by Crippen LogP contribution is -2.28. The van der Waals surface area contributed by atoms with Crippen molar-refractivity contribution in [2.45, 2.75) is 13.0 Å². The van der Waals surface area contributed by atoms with Crippen LogP contribution in [-0.2, 0) is 16.2 Å². The highest BCUT2D eigenvalue weighted by molar-refractivity contribution is 6.31. The zero-order valence-electron chi connectivity index (χ0n) is 16.8. The molecule has 0 spiro atoms. The van der Waals surface area contributed by atoms with Gasteiger partial charge in [-0.3, -0.25) is 19.7 Å². The van der Waals surface area contributed by atoms with Gasteiger partial charge in [0.25, 0.3) is 17.5 Å². The average Bonchev–Trinajstić information content (AvgIpc) is 3.46. The molecule has 8 nitrogen and oxygen atoms in total. The minimum atomic E-state index is -0.467. The van der Waals surface area contributed by atoms with Gasteiger partial charge < -0.3 is 4.74 Å². The molecule has 2 fully saturated rings. The number of nitro groups is 1.